The quantitative estimate of drug-likeness (QED) is 0.938. The highest BCUT2D eigenvalue weighted by Gasteiger charge is 2.24. The van der Waals surface area contributed by atoms with Crippen molar-refractivity contribution in [3.8, 4) is 0 Å². The van der Waals surface area contributed by atoms with E-state index in [1.165, 1.54) is 6.07 Å². The highest BCUT2D eigenvalue weighted by molar-refractivity contribution is 5.75. The number of carbonyl (C=O) groups excluding carboxylic acids is 1. The van der Waals surface area contributed by atoms with Crippen molar-refractivity contribution in [3.63, 3.8) is 0 Å². The number of benzene rings is 1. The molecule has 1 aromatic heterocycles. The monoisotopic (exact) mass is 329 g/mol. The summed E-state index contributed by atoms with van der Waals surface area (Å²) < 4.78 is 13.8. The van der Waals surface area contributed by atoms with Crippen LogP contribution in [0.4, 0.5) is 15.1 Å². The number of nitrogens with one attached hydrogen (secondary N) is 1. The third-order valence-corrected chi connectivity index (χ3v) is 4.11. The third-order valence-electron chi connectivity index (χ3n) is 4.11. The molecule has 2 heterocycles. The van der Waals surface area contributed by atoms with Crippen molar-refractivity contribution in [1.82, 2.24) is 20.2 Å². The van der Waals surface area contributed by atoms with Crippen molar-refractivity contribution in [2.45, 2.75) is 13.0 Å². The largest absolute Gasteiger partial charge is 0.337 e. The molecule has 1 unspecified atom stereocenters. The summed E-state index contributed by atoms with van der Waals surface area (Å²) in [6.45, 7) is 4.28. The number of nitrogens with zero attached hydrogens (tertiary/aromatic N) is 4. The summed E-state index contributed by atoms with van der Waals surface area (Å²) in [5.74, 6) is 0.369. The minimum Gasteiger partial charge on any atom is -0.337 e. The molecule has 0 aliphatic carbocycles. The van der Waals surface area contributed by atoms with Gasteiger partial charge >= 0.3 is 6.03 Å². The second-order valence-electron chi connectivity index (χ2n) is 5.72. The molecule has 6 nitrogen and oxygen atoms in total. The molecule has 0 spiro atoms. The molecule has 1 aliphatic rings. The highest BCUT2D eigenvalue weighted by atomic mass is 19.1. The molecule has 0 radical (unpaired) electrons. The van der Waals surface area contributed by atoms with Gasteiger partial charge in [-0.05, 0) is 19.1 Å². The van der Waals surface area contributed by atoms with Gasteiger partial charge in [0.15, 0.2) is 0 Å². The van der Waals surface area contributed by atoms with Gasteiger partial charge in [-0.15, -0.1) is 0 Å². The fourth-order valence-corrected chi connectivity index (χ4v) is 2.74. The Hall–Kier alpha value is -2.70. The normalized spacial score (nSPS) is 15.9. The van der Waals surface area contributed by atoms with E-state index in [9.17, 15) is 9.18 Å². The van der Waals surface area contributed by atoms with Gasteiger partial charge < -0.3 is 15.1 Å². The molecule has 2 amide bonds. The van der Waals surface area contributed by atoms with E-state index >= 15 is 0 Å². The van der Waals surface area contributed by atoms with Crippen LogP contribution in [-0.4, -0.2) is 47.1 Å². The van der Waals surface area contributed by atoms with E-state index < -0.39 is 0 Å². The number of hydrogen-bond donors (Lipinski definition) is 1. The predicted octanol–water partition coefficient (Wildman–Crippen LogP) is 2.21. The molecule has 1 fully saturated rings. The molecule has 0 saturated carbocycles. The zero-order valence-electron chi connectivity index (χ0n) is 13.5. The van der Waals surface area contributed by atoms with Crippen LogP contribution in [0.1, 0.15) is 18.5 Å². The molecular formula is C17H20FN5O. The van der Waals surface area contributed by atoms with E-state index in [-0.39, 0.29) is 17.9 Å². The lowest BCUT2D eigenvalue weighted by atomic mass is 10.1. The average Bonchev–Trinajstić information content (AvgIpc) is 2.63. The third kappa shape index (κ3) is 3.61. The van der Waals surface area contributed by atoms with Crippen LogP contribution < -0.4 is 10.2 Å². The number of rotatable bonds is 3. The summed E-state index contributed by atoms with van der Waals surface area (Å²) in [5.41, 5.74) is 0.488. The van der Waals surface area contributed by atoms with E-state index in [0.29, 0.717) is 37.7 Å². The summed E-state index contributed by atoms with van der Waals surface area (Å²) >= 11 is 0. The zero-order valence-corrected chi connectivity index (χ0v) is 13.5. The van der Waals surface area contributed by atoms with Crippen LogP contribution in [0.2, 0.25) is 0 Å². The average molecular weight is 329 g/mol. The fourth-order valence-electron chi connectivity index (χ4n) is 2.74. The van der Waals surface area contributed by atoms with Crippen molar-refractivity contribution in [3.05, 3.63) is 54.1 Å². The molecule has 24 heavy (non-hydrogen) atoms. The highest BCUT2D eigenvalue weighted by Crippen LogP contribution is 2.17. The molecular weight excluding hydrogens is 309 g/mol. The minimum atomic E-state index is -0.380. The predicted molar refractivity (Wildman–Crippen MR) is 89.2 cm³/mol. The van der Waals surface area contributed by atoms with E-state index in [1.807, 2.05) is 4.90 Å². The number of amides is 2. The van der Waals surface area contributed by atoms with Crippen LogP contribution in [-0.2, 0) is 0 Å². The lowest BCUT2D eigenvalue weighted by Gasteiger charge is -2.35. The summed E-state index contributed by atoms with van der Waals surface area (Å²) in [5, 5.41) is 2.86. The molecule has 1 saturated heterocycles. The van der Waals surface area contributed by atoms with Crippen LogP contribution in [0.3, 0.4) is 0 Å². The standard InChI is InChI=1S/C17H20FN5O/c1-13(14-5-2-3-6-15(14)18)21-17(24)23-11-9-22(10-12-23)16-19-7-4-8-20-16/h2-8,13H,9-12H2,1H3,(H,21,24). The maximum Gasteiger partial charge on any atom is 0.317 e. The lowest BCUT2D eigenvalue weighted by Crippen LogP contribution is -2.52. The molecule has 1 aliphatic heterocycles. The SMILES string of the molecule is CC(NC(=O)N1CCN(c2ncccn2)CC1)c1ccccc1F. The summed E-state index contributed by atoms with van der Waals surface area (Å²) in [4.78, 5) is 24.6. The molecule has 2 aromatic rings. The maximum absolute atomic E-state index is 13.8. The van der Waals surface area contributed by atoms with Crippen molar-refractivity contribution >= 4 is 12.0 Å². The summed E-state index contributed by atoms with van der Waals surface area (Å²) in [6, 6.07) is 7.70. The van der Waals surface area contributed by atoms with Crippen LogP contribution in [0.5, 0.6) is 0 Å². The Kier molecular flexibility index (Phi) is 4.88. The molecule has 1 atom stereocenters. The molecule has 3 rings (SSSR count). The minimum absolute atomic E-state index is 0.181. The van der Waals surface area contributed by atoms with Crippen molar-refractivity contribution < 1.29 is 9.18 Å². The van der Waals surface area contributed by atoms with Crippen LogP contribution in [0.15, 0.2) is 42.7 Å². The number of urea groups is 1. The Bertz CT molecular complexity index is 688. The first-order chi connectivity index (χ1) is 11.6. The van der Waals surface area contributed by atoms with E-state index in [0.717, 1.165) is 0 Å². The summed E-state index contributed by atoms with van der Waals surface area (Å²) in [7, 11) is 0. The number of piperazine rings is 1. The number of halogens is 1. The maximum atomic E-state index is 13.8. The number of hydrogen-bond acceptors (Lipinski definition) is 4. The van der Waals surface area contributed by atoms with Gasteiger partial charge in [-0.2, -0.15) is 0 Å². The Balaban J connectivity index is 1.55. The van der Waals surface area contributed by atoms with Gasteiger partial charge in [-0.1, -0.05) is 18.2 Å². The smallest absolute Gasteiger partial charge is 0.317 e. The Morgan fingerprint density at radius 1 is 1.12 bits per heavy atom. The second-order valence-corrected chi connectivity index (χ2v) is 5.72. The van der Waals surface area contributed by atoms with Gasteiger partial charge in [-0.3, -0.25) is 0 Å². The Morgan fingerprint density at radius 2 is 1.79 bits per heavy atom. The van der Waals surface area contributed by atoms with Crippen LogP contribution >= 0.6 is 0 Å². The summed E-state index contributed by atoms with van der Waals surface area (Å²) in [6.07, 6.45) is 3.41. The zero-order chi connectivity index (χ0) is 16.9. The van der Waals surface area contributed by atoms with Crippen LogP contribution in [0.25, 0.3) is 0 Å². The topological polar surface area (TPSA) is 61.4 Å². The number of anilines is 1. The molecule has 1 N–H and O–H groups in total. The van der Waals surface area contributed by atoms with Gasteiger partial charge in [0, 0.05) is 44.1 Å². The van der Waals surface area contributed by atoms with Crippen molar-refractivity contribution in [2.24, 2.45) is 0 Å². The molecule has 7 heteroatoms. The van der Waals surface area contributed by atoms with Crippen molar-refractivity contribution in [2.75, 3.05) is 31.1 Å². The van der Waals surface area contributed by atoms with E-state index in [4.69, 9.17) is 0 Å². The van der Waals surface area contributed by atoms with Gasteiger partial charge in [-0.25, -0.2) is 19.2 Å². The fraction of sp³-hybridized carbons (Fsp3) is 0.353. The second kappa shape index (κ2) is 7.25. The van der Waals surface area contributed by atoms with Crippen LogP contribution in [0, 0.1) is 5.82 Å². The molecule has 126 valence electrons. The van der Waals surface area contributed by atoms with Gasteiger partial charge in [0.2, 0.25) is 5.95 Å². The van der Waals surface area contributed by atoms with Gasteiger partial charge in [0.1, 0.15) is 5.82 Å². The Labute approximate surface area is 140 Å². The lowest BCUT2D eigenvalue weighted by molar-refractivity contribution is 0.190. The van der Waals surface area contributed by atoms with Crippen molar-refractivity contribution in [1.29, 1.82) is 0 Å². The van der Waals surface area contributed by atoms with Gasteiger partial charge in [0.05, 0.1) is 6.04 Å². The number of carbonyl (C=O) groups is 1. The molecule has 0 bridgehead atoms. The first-order valence-electron chi connectivity index (χ1n) is 7.97. The van der Waals surface area contributed by atoms with E-state index in [1.54, 1.807) is 48.5 Å². The van der Waals surface area contributed by atoms with E-state index in [2.05, 4.69) is 15.3 Å². The number of aromatic nitrogens is 2. The van der Waals surface area contributed by atoms with Gasteiger partial charge in [0.25, 0.3) is 0 Å². The Morgan fingerprint density at radius 3 is 2.46 bits per heavy atom. The molecule has 1 aromatic carbocycles. The first-order valence-corrected chi connectivity index (χ1v) is 7.97. The first kappa shape index (κ1) is 16.2.